The Bertz CT molecular complexity index is 512. The maximum absolute atomic E-state index is 11.6. The van der Waals surface area contributed by atoms with Gasteiger partial charge in [-0.1, -0.05) is 11.2 Å². The fraction of sp³-hybridized carbons (Fsp3) is 0.273. The lowest BCUT2D eigenvalue weighted by molar-refractivity contribution is 0.0893. The molecule has 18 heavy (non-hydrogen) atoms. The normalized spacial score (nSPS) is 10.3. The van der Waals surface area contributed by atoms with Gasteiger partial charge in [0.25, 0.3) is 0 Å². The van der Waals surface area contributed by atoms with E-state index in [1.54, 1.807) is 31.5 Å². The van der Waals surface area contributed by atoms with E-state index in [2.05, 4.69) is 20.4 Å². The van der Waals surface area contributed by atoms with Crippen LogP contribution in [0.25, 0.3) is 11.5 Å². The molecule has 7 heteroatoms. The molecular formula is C11H12N4O3. The molecule has 0 aromatic carbocycles. The van der Waals surface area contributed by atoms with Crippen LogP contribution in [0.3, 0.4) is 0 Å². The van der Waals surface area contributed by atoms with Crippen LogP contribution in [-0.4, -0.2) is 41.3 Å². The first-order valence-electron chi connectivity index (χ1n) is 5.33. The van der Waals surface area contributed by atoms with Crippen molar-refractivity contribution in [1.82, 2.24) is 20.4 Å². The van der Waals surface area contributed by atoms with Crippen LogP contribution in [0.15, 0.2) is 28.9 Å². The Balaban J connectivity index is 2.04. The molecule has 0 aliphatic heterocycles. The zero-order chi connectivity index (χ0) is 12.8. The molecule has 2 rings (SSSR count). The van der Waals surface area contributed by atoms with Crippen molar-refractivity contribution in [2.45, 2.75) is 0 Å². The molecule has 0 saturated carbocycles. The Morgan fingerprint density at radius 3 is 3.11 bits per heavy atom. The van der Waals surface area contributed by atoms with Gasteiger partial charge in [-0.15, -0.1) is 0 Å². The van der Waals surface area contributed by atoms with Gasteiger partial charge in [-0.2, -0.15) is 4.98 Å². The Hall–Kier alpha value is -2.28. The summed E-state index contributed by atoms with van der Waals surface area (Å²) in [4.78, 5) is 19.6. The third-order valence-corrected chi connectivity index (χ3v) is 2.11. The molecule has 94 valence electrons. The van der Waals surface area contributed by atoms with Gasteiger partial charge in [0.2, 0.25) is 5.82 Å². The molecule has 1 N–H and O–H groups in total. The van der Waals surface area contributed by atoms with Crippen LogP contribution in [0.5, 0.6) is 0 Å². The van der Waals surface area contributed by atoms with E-state index < -0.39 is 5.91 Å². The summed E-state index contributed by atoms with van der Waals surface area (Å²) < 4.78 is 9.67. The number of aromatic nitrogens is 3. The highest BCUT2D eigenvalue weighted by Crippen LogP contribution is 2.11. The number of hydrogen-bond acceptors (Lipinski definition) is 6. The van der Waals surface area contributed by atoms with E-state index in [0.29, 0.717) is 18.8 Å². The monoisotopic (exact) mass is 248 g/mol. The lowest BCUT2D eigenvalue weighted by atomic mass is 10.3. The van der Waals surface area contributed by atoms with E-state index in [-0.39, 0.29) is 11.7 Å². The summed E-state index contributed by atoms with van der Waals surface area (Å²) in [5.74, 6) is -0.235. The van der Waals surface area contributed by atoms with Crippen molar-refractivity contribution in [3.63, 3.8) is 0 Å². The molecule has 0 radical (unpaired) electrons. The molecule has 2 aromatic heterocycles. The summed E-state index contributed by atoms with van der Waals surface area (Å²) in [5, 5.41) is 6.28. The Morgan fingerprint density at radius 1 is 1.50 bits per heavy atom. The minimum Gasteiger partial charge on any atom is -0.383 e. The molecular weight excluding hydrogens is 236 g/mol. The van der Waals surface area contributed by atoms with Crippen LogP contribution in [0, 0.1) is 0 Å². The SMILES string of the molecule is COCCNC(=O)c1nc(-c2ccccn2)no1. The Kier molecular flexibility index (Phi) is 3.98. The molecule has 0 aliphatic rings. The van der Waals surface area contributed by atoms with E-state index in [9.17, 15) is 4.79 Å². The summed E-state index contributed by atoms with van der Waals surface area (Å²) in [5.41, 5.74) is 0.553. The molecule has 0 saturated heterocycles. The standard InChI is InChI=1S/C11H12N4O3/c1-17-7-6-13-10(16)11-14-9(15-18-11)8-4-2-3-5-12-8/h2-5H,6-7H2,1H3,(H,13,16). The zero-order valence-corrected chi connectivity index (χ0v) is 9.79. The van der Waals surface area contributed by atoms with Gasteiger partial charge >= 0.3 is 11.8 Å². The summed E-state index contributed by atoms with van der Waals surface area (Å²) in [6.45, 7) is 0.809. The highest BCUT2D eigenvalue weighted by atomic mass is 16.5. The molecule has 1 amide bonds. The van der Waals surface area contributed by atoms with Gasteiger partial charge in [0, 0.05) is 19.9 Å². The van der Waals surface area contributed by atoms with Crippen LogP contribution >= 0.6 is 0 Å². The Morgan fingerprint density at radius 2 is 2.39 bits per heavy atom. The third kappa shape index (κ3) is 2.89. The number of hydrogen-bond donors (Lipinski definition) is 1. The quantitative estimate of drug-likeness (QED) is 0.775. The van der Waals surface area contributed by atoms with Gasteiger partial charge in [-0.05, 0) is 12.1 Å². The summed E-state index contributed by atoms with van der Waals surface area (Å²) in [7, 11) is 1.55. The van der Waals surface area contributed by atoms with Crippen molar-refractivity contribution in [3.8, 4) is 11.5 Å². The number of carbonyl (C=O) groups is 1. The van der Waals surface area contributed by atoms with Gasteiger partial charge in [-0.3, -0.25) is 9.78 Å². The molecule has 0 spiro atoms. The first-order valence-corrected chi connectivity index (χ1v) is 5.33. The van der Waals surface area contributed by atoms with Crippen LogP contribution < -0.4 is 5.32 Å². The lowest BCUT2D eigenvalue weighted by Gasteiger charge is -1.99. The van der Waals surface area contributed by atoms with Crippen LogP contribution in [-0.2, 0) is 4.74 Å². The fourth-order valence-corrected chi connectivity index (χ4v) is 1.26. The van der Waals surface area contributed by atoms with Crippen molar-refractivity contribution in [3.05, 3.63) is 30.3 Å². The molecule has 2 aromatic rings. The largest absolute Gasteiger partial charge is 0.383 e. The van der Waals surface area contributed by atoms with Gasteiger partial charge in [0.15, 0.2) is 0 Å². The van der Waals surface area contributed by atoms with Crippen LogP contribution in [0.4, 0.5) is 0 Å². The van der Waals surface area contributed by atoms with Gasteiger partial charge in [0.05, 0.1) is 6.61 Å². The second-order valence-electron chi connectivity index (χ2n) is 3.39. The minimum atomic E-state index is -0.429. The van der Waals surface area contributed by atoms with Gasteiger partial charge < -0.3 is 14.6 Å². The number of rotatable bonds is 5. The van der Waals surface area contributed by atoms with E-state index in [0.717, 1.165) is 0 Å². The maximum Gasteiger partial charge on any atom is 0.316 e. The smallest absolute Gasteiger partial charge is 0.316 e. The number of pyridine rings is 1. The van der Waals surface area contributed by atoms with Crippen molar-refractivity contribution < 1.29 is 14.1 Å². The number of carbonyl (C=O) groups excluding carboxylic acids is 1. The second-order valence-corrected chi connectivity index (χ2v) is 3.39. The minimum absolute atomic E-state index is 0.0910. The highest BCUT2D eigenvalue weighted by molar-refractivity contribution is 5.89. The van der Waals surface area contributed by atoms with E-state index in [4.69, 9.17) is 9.26 Å². The van der Waals surface area contributed by atoms with Crippen molar-refractivity contribution in [2.24, 2.45) is 0 Å². The first kappa shape index (κ1) is 12.2. The molecule has 0 unspecified atom stereocenters. The van der Waals surface area contributed by atoms with Crippen molar-refractivity contribution in [2.75, 3.05) is 20.3 Å². The average molecular weight is 248 g/mol. The predicted molar refractivity (Wildman–Crippen MR) is 61.7 cm³/mol. The Labute approximate surface area is 103 Å². The summed E-state index contributed by atoms with van der Waals surface area (Å²) in [6, 6.07) is 5.32. The molecule has 0 aliphatic carbocycles. The van der Waals surface area contributed by atoms with E-state index in [1.807, 2.05) is 0 Å². The highest BCUT2D eigenvalue weighted by Gasteiger charge is 2.15. The molecule has 2 heterocycles. The summed E-state index contributed by atoms with van der Waals surface area (Å²) >= 11 is 0. The number of nitrogens with zero attached hydrogens (tertiary/aromatic N) is 3. The number of nitrogens with one attached hydrogen (secondary N) is 1. The van der Waals surface area contributed by atoms with E-state index in [1.165, 1.54) is 0 Å². The number of ether oxygens (including phenoxy) is 1. The topological polar surface area (TPSA) is 90.1 Å². The third-order valence-electron chi connectivity index (χ3n) is 2.11. The zero-order valence-electron chi connectivity index (χ0n) is 9.79. The van der Waals surface area contributed by atoms with Gasteiger partial charge in [-0.25, -0.2) is 0 Å². The first-order chi connectivity index (χ1) is 8.81. The average Bonchev–Trinajstić information content (AvgIpc) is 2.89. The van der Waals surface area contributed by atoms with E-state index >= 15 is 0 Å². The maximum atomic E-state index is 11.6. The lowest BCUT2D eigenvalue weighted by Crippen LogP contribution is -2.27. The number of methoxy groups -OCH3 is 1. The predicted octanol–water partition coefficient (Wildman–Crippen LogP) is 0.508. The van der Waals surface area contributed by atoms with Crippen molar-refractivity contribution >= 4 is 5.91 Å². The van der Waals surface area contributed by atoms with Crippen LogP contribution in [0.1, 0.15) is 10.7 Å². The second kappa shape index (κ2) is 5.87. The summed E-state index contributed by atoms with van der Waals surface area (Å²) in [6.07, 6.45) is 1.62. The molecule has 0 fully saturated rings. The van der Waals surface area contributed by atoms with Gasteiger partial charge in [0.1, 0.15) is 5.69 Å². The molecule has 0 atom stereocenters. The number of amides is 1. The van der Waals surface area contributed by atoms with Crippen molar-refractivity contribution in [1.29, 1.82) is 0 Å². The van der Waals surface area contributed by atoms with Crippen LogP contribution in [0.2, 0.25) is 0 Å². The fourth-order valence-electron chi connectivity index (χ4n) is 1.26. The molecule has 7 nitrogen and oxygen atoms in total. The molecule has 0 bridgehead atoms.